The van der Waals surface area contributed by atoms with Crippen LogP contribution in [-0.2, 0) is 0 Å². The molecule has 1 fully saturated rings. The van der Waals surface area contributed by atoms with E-state index >= 15 is 0 Å². The topological polar surface area (TPSA) is 12.0 Å². The summed E-state index contributed by atoms with van der Waals surface area (Å²) < 4.78 is 27.5. The Morgan fingerprint density at radius 1 is 1.14 bits per heavy atom. The molecule has 1 N–H and O–H groups in total. The van der Waals surface area contributed by atoms with E-state index in [1.807, 2.05) is 12.1 Å². The standard InChI is InChI=1S/C16H13BrClF2N/c17-13-7-10(19)8-14(18)16(13)21-11-5-9(6-11)12-3-1-2-4-15(12)20/h1-4,7-9,11,21H,5-6H2. The third-order valence-corrected chi connectivity index (χ3v) is 4.76. The van der Waals surface area contributed by atoms with Crippen LogP contribution in [0.25, 0.3) is 0 Å². The molecule has 0 unspecified atom stereocenters. The van der Waals surface area contributed by atoms with Crippen molar-refractivity contribution in [3.05, 3.63) is 63.1 Å². The highest BCUT2D eigenvalue weighted by atomic mass is 79.9. The molecule has 0 radical (unpaired) electrons. The average Bonchev–Trinajstić information content (AvgIpc) is 2.37. The summed E-state index contributed by atoms with van der Waals surface area (Å²) in [5.74, 6) is -0.307. The van der Waals surface area contributed by atoms with Gasteiger partial charge in [-0.05, 0) is 58.5 Å². The molecule has 21 heavy (non-hydrogen) atoms. The molecule has 2 aromatic carbocycles. The van der Waals surface area contributed by atoms with Crippen molar-refractivity contribution in [1.29, 1.82) is 0 Å². The van der Waals surface area contributed by atoms with Gasteiger partial charge in [0.25, 0.3) is 0 Å². The zero-order valence-electron chi connectivity index (χ0n) is 11.0. The van der Waals surface area contributed by atoms with Gasteiger partial charge >= 0.3 is 0 Å². The van der Waals surface area contributed by atoms with E-state index in [4.69, 9.17) is 11.6 Å². The second kappa shape index (κ2) is 5.93. The van der Waals surface area contributed by atoms with Crippen molar-refractivity contribution in [2.75, 3.05) is 5.32 Å². The normalized spacial score (nSPS) is 21.0. The largest absolute Gasteiger partial charge is 0.380 e. The van der Waals surface area contributed by atoms with E-state index in [0.29, 0.717) is 15.2 Å². The van der Waals surface area contributed by atoms with Gasteiger partial charge in [-0.15, -0.1) is 0 Å². The second-order valence-electron chi connectivity index (χ2n) is 5.28. The predicted molar refractivity (Wildman–Crippen MR) is 84.9 cm³/mol. The third-order valence-electron chi connectivity index (χ3n) is 3.84. The molecule has 5 heteroatoms. The van der Waals surface area contributed by atoms with Crippen LogP contribution < -0.4 is 5.32 Å². The number of hydrogen-bond acceptors (Lipinski definition) is 1. The van der Waals surface area contributed by atoms with Crippen LogP contribution in [0.5, 0.6) is 0 Å². The Kier molecular flexibility index (Phi) is 4.18. The molecule has 1 nitrogen and oxygen atoms in total. The molecule has 0 heterocycles. The van der Waals surface area contributed by atoms with Crippen molar-refractivity contribution in [2.45, 2.75) is 24.8 Å². The van der Waals surface area contributed by atoms with Crippen molar-refractivity contribution in [3.8, 4) is 0 Å². The van der Waals surface area contributed by atoms with Crippen molar-refractivity contribution in [1.82, 2.24) is 0 Å². The molecular formula is C16H13BrClF2N. The van der Waals surface area contributed by atoms with Gasteiger partial charge in [0, 0.05) is 10.5 Å². The minimum absolute atomic E-state index is 0.151. The molecule has 0 aromatic heterocycles. The van der Waals surface area contributed by atoms with Gasteiger partial charge in [-0.1, -0.05) is 29.8 Å². The van der Waals surface area contributed by atoms with E-state index in [1.54, 1.807) is 6.07 Å². The lowest BCUT2D eigenvalue weighted by molar-refractivity contribution is 0.363. The summed E-state index contributed by atoms with van der Waals surface area (Å²) in [5.41, 5.74) is 1.45. The van der Waals surface area contributed by atoms with E-state index in [1.165, 1.54) is 18.2 Å². The van der Waals surface area contributed by atoms with Gasteiger partial charge in [-0.3, -0.25) is 0 Å². The molecule has 3 rings (SSSR count). The SMILES string of the molecule is Fc1cc(Cl)c(NC2CC(c3ccccc3F)C2)c(Br)c1. The molecule has 0 amide bonds. The van der Waals surface area contributed by atoms with Crippen LogP contribution in [0, 0.1) is 11.6 Å². The minimum atomic E-state index is -0.379. The van der Waals surface area contributed by atoms with Crippen molar-refractivity contribution < 1.29 is 8.78 Å². The van der Waals surface area contributed by atoms with Crippen molar-refractivity contribution in [2.24, 2.45) is 0 Å². The van der Waals surface area contributed by atoms with E-state index in [2.05, 4.69) is 21.2 Å². The Morgan fingerprint density at radius 2 is 1.86 bits per heavy atom. The first-order chi connectivity index (χ1) is 10.0. The van der Waals surface area contributed by atoms with Crippen molar-refractivity contribution >= 4 is 33.2 Å². The maximum atomic E-state index is 13.7. The predicted octanol–water partition coefficient (Wildman–Crippen LogP) is 5.74. The first kappa shape index (κ1) is 14.8. The molecule has 1 aliphatic rings. The lowest BCUT2D eigenvalue weighted by Crippen LogP contribution is -2.34. The van der Waals surface area contributed by atoms with Gasteiger partial charge in [0.05, 0.1) is 10.7 Å². The maximum absolute atomic E-state index is 13.7. The van der Waals surface area contributed by atoms with Crippen LogP contribution >= 0.6 is 27.5 Å². The summed E-state index contributed by atoms with van der Waals surface area (Å²) in [4.78, 5) is 0. The Hall–Kier alpha value is -1.13. The molecule has 0 bridgehead atoms. The number of benzene rings is 2. The molecule has 1 saturated carbocycles. The molecule has 0 spiro atoms. The van der Waals surface area contributed by atoms with E-state index in [-0.39, 0.29) is 23.6 Å². The summed E-state index contributed by atoms with van der Waals surface area (Å²) in [7, 11) is 0. The van der Waals surface area contributed by atoms with Crippen LogP contribution in [0.3, 0.4) is 0 Å². The van der Waals surface area contributed by atoms with Gasteiger partial charge in [-0.25, -0.2) is 8.78 Å². The Labute approximate surface area is 135 Å². The molecule has 2 aromatic rings. The molecular weight excluding hydrogens is 360 g/mol. The summed E-state index contributed by atoms with van der Waals surface area (Å²) in [6.07, 6.45) is 1.67. The maximum Gasteiger partial charge on any atom is 0.126 e. The number of anilines is 1. The molecule has 110 valence electrons. The summed E-state index contributed by atoms with van der Waals surface area (Å²) >= 11 is 9.35. The zero-order chi connectivity index (χ0) is 15.0. The Balaban J connectivity index is 1.67. The lowest BCUT2D eigenvalue weighted by atomic mass is 9.75. The first-order valence-corrected chi connectivity index (χ1v) is 7.87. The smallest absolute Gasteiger partial charge is 0.126 e. The first-order valence-electron chi connectivity index (χ1n) is 6.70. The van der Waals surface area contributed by atoms with Gasteiger partial charge in [-0.2, -0.15) is 0 Å². The highest BCUT2D eigenvalue weighted by Crippen LogP contribution is 2.41. The monoisotopic (exact) mass is 371 g/mol. The van der Waals surface area contributed by atoms with E-state index < -0.39 is 0 Å². The van der Waals surface area contributed by atoms with Crippen LogP contribution in [-0.4, -0.2) is 6.04 Å². The fraction of sp³-hybridized carbons (Fsp3) is 0.250. The van der Waals surface area contributed by atoms with E-state index in [0.717, 1.165) is 18.4 Å². The third kappa shape index (κ3) is 3.06. The molecule has 0 aliphatic heterocycles. The summed E-state index contributed by atoms with van der Waals surface area (Å²) in [6.45, 7) is 0. The number of hydrogen-bond donors (Lipinski definition) is 1. The number of nitrogens with one attached hydrogen (secondary N) is 1. The van der Waals surface area contributed by atoms with Gasteiger partial charge in [0.2, 0.25) is 0 Å². The fourth-order valence-corrected chi connectivity index (χ4v) is 3.60. The lowest BCUT2D eigenvalue weighted by Gasteiger charge is -2.37. The molecule has 0 atom stereocenters. The molecule has 1 aliphatic carbocycles. The van der Waals surface area contributed by atoms with Crippen LogP contribution in [0.2, 0.25) is 5.02 Å². The number of rotatable bonds is 3. The van der Waals surface area contributed by atoms with E-state index in [9.17, 15) is 8.78 Å². The van der Waals surface area contributed by atoms with Crippen LogP contribution in [0.1, 0.15) is 24.3 Å². The van der Waals surface area contributed by atoms with Gasteiger partial charge in [0.1, 0.15) is 11.6 Å². The highest BCUT2D eigenvalue weighted by Gasteiger charge is 2.32. The van der Waals surface area contributed by atoms with Crippen molar-refractivity contribution in [3.63, 3.8) is 0 Å². The van der Waals surface area contributed by atoms with Crippen LogP contribution in [0.4, 0.5) is 14.5 Å². The highest BCUT2D eigenvalue weighted by molar-refractivity contribution is 9.10. The van der Waals surface area contributed by atoms with Gasteiger partial charge in [0.15, 0.2) is 0 Å². The summed E-state index contributed by atoms with van der Waals surface area (Å²) in [5, 5.41) is 3.64. The quantitative estimate of drug-likeness (QED) is 0.724. The Bertz CT molecular complexity index is 648. The number of halogens is 4. The van der Waals surface area contributed by atoms with Gasteiger partial charge < -0.3 is 5.32 Å². The molecule has 0 saturated heterocycles. The fourth-order valence-electron chi connectivity index (χ4n) is 2.68. The summed E-state index contributed by atoms with van der Waals surface area (Å²) in [6, 6.07) is 9.74. The van der Waals surface area contributed by atoms with Crippen LogP contribution in [0.15, 0.2) is 40.9 Å². The Morgan fingerprint density at radius 3 is 2.52 bits per heavy atom. The minimum Gasteiger partial charge on any atom is -0.380 e. The zero-order valence-corrected chi connectivity index (χ0v) is 13.4. The average molecular weight is 373 g/mol. The second-order valence-corrected chi connectivity index (χ2v) is 6.54.